The number of esters is 1. The third-order valence-corrected chi connectivity index (χ3v) is 3.21. The summed E-state index contributed by atoms with van der Waals surface area (Å²) in [7, 11) is 0. The minimum Gasteiger partial charge on any atom is -0.461 e. The number of halogens is 1. The summed E-state index contributed by atoms with van der Waals surface area (Å²) in [6, 6.07) is 5.80. The minimum atomic E-state index is -0.602. The molecule has 0 spiro atoms. The first-order valence-electron chi connectivity index (χ1n) is 5.79. The number of carbonyl (C=O) groups is 1. The van der Waals surface area contributed by atoms with Gasteiger partial charge < -0.3 is 14.9 Å². The molecule has 6 heteroatoms. The van der Waals surface area contributed by atoms with Crippen molar-refractivity contribution in [2.75, 3.05) is 6.61 Å². The van der Waals surface area contributed by atoms with Crippen molar-refractivity contribution >= 4 is 38.5 Å². The van der Waals surface area contributed by atoms with E-state index < -0.39 is 5.97 Å². The first kappa shape index (κ1) is 13.6. The van der Waals surface area contributed by atoms with Gasteiger partial charge in [0.15, 0.2) is 5.71 Å². The molecule has 100 valence electrons. The number of carbonyl (C=O) groups excluding carboxylic acids is 1. The zero-order valence-electron chi connectivity index (χ0n) is 10.3. The number of fused-ring (bicyclic) bond motifs is 1. The Morgan fingerprint density at radius 2 is 2.32 bits per heavy atom. The minimum absolute atomic E-state index is 0.0114. The van der Waals surface area contributed by atoms with Crippen LogP contribution in [0.1, 0.15) is 12.5 Å². The second kappa shape index (κ2) is 5.88. The predicted octanol–water partition coefficient (Wildman–Crippen LogP) is 2.87. The Balaban J connectivity index is 2.30. The molecule has 0 amide bonds. The molecule has 2 N–H and O–H groups in total. The molecule has 0 fully saturated rings. The summed E-state index contributed by atoms with van der Waals surface area (Å²) in [6.07, 6.45) is 2.01. The van der Waals surface area contributed by atoms with Crippen LogP contribution in [-0.4, -0.2) is 28.5 Å². The Hall–Kier alpha value is -1.82. The fraction of sp³-hybridized carbons (Fsp3) is 0.231. The number of aromatic amines is 1. The predicted molar refractivity (Wildman–Crippen MR) is 75.6 cm³/mol. The summed E-state index contributed by atoms with van der Waals surface area (Å²) in [5.41, 5.74) is 1.82. The van der Waals surface area contributed by atoms with Crippen LogP contribution in [0.15, 0.2) is 34.0 Å². The van der Waals surface area contributed by atoms with Crippen molar-refractivity contribution in [1.29, 1.82) is 0 Å². The van der Waals surface area contributed by atoms with E-state index in [1.54, 1.807) is 13.1 Å². The molecule has 0 aliphatic rings. The Bertz CT molecular complexity index is 634. The molecule has 1 heterocycles. The van der Waals surface area contributed by atoms with Crippen molar-refractivity contribution in [1.82, 2.24) is 4.98 Å². The molecule has 5 nitrogen and oxygen atoms in total. The number of nitrogens with one attached hydrogen (secondary N) is 1. The third-order valence-electron chi connectivity index (χ3n) is 2.72. The quantitative estimate of drug-likeness (QED) is 0.393. The lowest BCUT2D eigenvalue weighted by Gasteiger charge is -2.03. The van der Waals surface area contributed by atoms with E-state index in [-0.39, 0.29) is 18.7 Å². The molecule has 0 saturated heterocycles. The number of hydrogen-bond donors (Lipinski definition) is 2. The topological polar surface area (TPSA) is 74.7 Å². The zero-order chi connectivity index (χ0) is 13.8. The van der Waals surface area contributed by atoms with E-state index in [2.05, 4.69) is 26.1 Å². The molecule has 2 aromatic rings. The molecule has 1 aromatic heterocycles. The van der Waals surface area contributed by atoms with Gasteiger partial charge in [0.2, 0.25) is 0 Å². The van der Waals surface area contributed by atoms with Crippen LogP contribution in [0.3, 0.4) is 0 Å². The van der Waals surface area contributed by atoms with Gasteiger partial charge in [-0.2, -0.15) is 0 Å². The SMILES string of the molecule is CCOC(=O)/C(Cc1c[nH]c2ccc(Br)cc12)=N/O. The van der Waals surface area contributed by atoms with Crippen LogP contribution in [0.5, 0.6) is 0 Å². The average Bonchev–Trinajstić information content (AvgIpc) is 2.78. The lowest BCUT2D eigenvalue weighted by Crippen LogP contribution is -2.19. The smallest absolute Gasteiger partial charge is 0.356 e. The van der Waals surface area contributed by atoms with E-state index in [1.807, 2.05) is 18.2 Å². The molecule has 0 bridgehead atoms. The number of benzene rings is 1. The summed E-state index contributed by atoms with van der Waals surface area (Å²) >= 11 is 3.40. The molecule has 0 radical (unpaired) electrons. The molecular weight excluding hydrogens is 312 g/mol. The van der Waals surface area contributed by atoms with Crippen LogP contribution in [0.2, 0.25) is 0 Å². The van der Waals surface area contributed by atoms with Crippen molar-refractivity contribution in [3.63, 3.8) is 0 Å². The van der Waals surface area contributed by atoms with E-state index in [9.17, 15) is 4.79 Å². The number of hydrogen-bond acceptors (Lipinski definition) is 4. The fourth-order valence-corrected chi connectivity index (χ4v) is 2.20. The van der Waals surface area contributed by atoms with Crippen molar-refractivity contribution in [3.8, 4) is 0 Å². The molecule has 0 atom stereocenters. The van der Waals surface area contributed by atoms with Crippen molar-refractivity contribution < 1.29 is 14.7 Å². The second-order valence-corrected chi connectivity index (χ2v) is 4.86. The number of ether oxygens (including phenoxy) is 1. The largest absolute Gasteiger partial charge is 0.461 e. The molecular formula is C13H13BrN2O3. The van der Waals surface area contributed by atoms with E-state index in [0.717, 1.165) is 20.9 Å². The van der Waals surface area contributed by atoms with Crippen molar-refractivity contribution in [2.45, 2.75) is 13.3 Å². The van der Waals surface area contributed by atoms with Crippen molar-refractivity contribution in [3.05, 3.63) is 34.4 Å². The van der Waals surface area contributed by atoms with Gasteiger partial charge in [-0.1, -0.05) is 21.1 Å². The molecule has 1 aromatic carbocycles. The number of H-pyrrole nitrogens is 1. The maximum absolute atomic E-state index is 11.6. The summed E-state index contributed by atoms with van der Waals surface area (Å²) in [5, 5.41) is 12.9. The van der Waals surface area contributed by atoms with Crippen molar-refractivity contribution in [2.24, 2.45) is 5.16 Å². The first-order valence-corrected chi connectivity index (χ1v) is 6.58. The molecule has 0 aliphatic carbocycles. The highest BCUT2D eigenvalue weighted by molar-refractivity contribution is 9.10. The number of oxime groups is 1. The van der Waals surface area contributed by atoms with Crippen LogP contribution in [0.25, 0.3) is 10.9 Å². The molecule has 0 saturated carbocycles. The maximum Gasteiger partial charge on any atom is 0.356 e. The van der Waals surface area contributed by atoms with Crippen LogP contribution < -0.4 is 0 Å². The summed E-state index contributed by atoms with van der Waals surface area (Å²) in [5.74, 6) is -0.602. The first-order chi connectivity index (χ1) is 9.15. The van der Waals surface area contributed by atoms with E-state index in [0.29, 0.717) is 0 Å². The van der Waals surface area contributed by atoms with Crippen LogP contribution in [-0.2, 0) is 16.0 Å². The van der Waals surface area contributed by atoms with Gasteiger partial charge in [-0.3, -0.25) is 0 Å². The van der Waals surface area contributed by atoms with Gasteiger partial charge in [-0.05, 0) is 30.7 Å². The van der Waals surface area contributed by atoms with Gasteiger partial charge in [-0.25, -0.2) is 4.79 Å². The average molecular weight is 325 g/mol. The van der Waals surface area contributed by atoms with Gasteiger partial charge in [0.05, 0.1) is 6.61 Å². The molecule has 19 heavy (non-hydrogen) atoms. The number of aromatic nitrogens is 1. The zero-order valence-corrected chi connectivity index (χ0v) is 11.9. The Morgan fingerprint density at radius 1 is 1.53 bits per heavy atom. The highest BCUT2D eigenvalue weighted by Crippen LogP contribution is 2.23. The number of nitrogens with zero attached hydrogens (tertiary/aromatic N) is 1. The summed E-state index contributed by atoms with van der Waals surface area (Å²) in [4.78, 5) is 14.7. The van der Waals surface area contributed by atoms with Gasteiger partial charge in [0.1, 0.15) is 0 Å². The Morgan fingerprint density at radius 3 is 3.00 bits per heavy atom. The van der Waals surface area contributed by atoms with Crippen LogP contribution >= 0.6 is 15.9 Å². The Labute approximate surface area is 118 Å². The highest BCUT2D eigenvalue weighted by Gasteiger charge is 2.16. The second-order valence-electron chi connectivity index (χ2n) is 3.95. The molecule has 0 aliphatic heterocycles. The van der Waals surface area contributed by atoms with Gasteiger partial charge in [0.25, 0.3) is 0 Å². The van der Waals surface area contributed by atoms with E-state index in [1.165, 1.54) is 0 Å². The summed E-state index contributed by atoms with van der Waals surface area (Å²) in [6.45, 7) is 1.95. The van der Waals surface area contributed by atoms with Crippen LogP contribution in [0.4, 0.5) is 0 Å². The summed E-state index contributed by atoms with van der Waals surface area (Å²) < 4.78 is 5.77. The van der Waals surface area contributed by atoms with Gasteiger partial charge in [-0.15, -0.1) is 0 Å². The Kier molecular flexibility index (Phi) is 4.21. The normalized spacial score (nSPS) is 11.8. The lowest BCUT2D eigenvalue weighted by molar-refractivity contribution is -0.135. The maximum atomic E-state index is 11.6. The standard InChI is InChI=1S/C13H13BrN2O3/c1-2-19-13(17)12(16-18)5-8-7-15-11-4-3-9(14)6-10(8)11/h3-4,6-7,15,18H,2,5H2,1H3/b16-12+. The monoisotopic (exact) mass is 324 g/mol. The van der Waals surface area contributed by atoms with Crippen LogP contribution in [0, 0.1) is 0 Å². The highest BCUT2D eigenvalue weighted by atomic mass is 79.9. The van der Waals surface area contributed by atoms with E-state index in [4.69, 9.17) is 9.94 Å². The molecule has 2 rings (SSSR count). The third kappa shape index (κ3) is 2.96. The van der Waals surface area contributed by atoms with Gasteiger partial charge in [0, 0.05) is 28.0 Å². The number of rotatable bonds is 4. The van der Waals surface area contributed by atoms with E-state index >= 15 is 0 Å². The van der Waals surface area contributed by atoms with Gasteiger partial charge >= 0.3 is 5.97 Å². The fourth-order valence-electron chi connectivity index (χ4n) is 1.84. The lowest BCUT2D eigenvalue weighted by atomic mass is 10.1. The molecule has 0 unspecified atom stereocenters.